The fourth-order valence-corrected chi connectivity index (χ4v) is 4.33. The second-order valence-corrected chi connectivity index (χ2v) is 9.66. The van der Waals surface area contributed by atoms with Crippen LogP contribution in [0.4, 0.5) is 0 Å². The third kappa shape index (κ3) is 6.17. The molecule has 0 amide bonds. The predicted octanol–water partition coefficient (Wildman–Crippen LogP) is 4.32. The van der Waals surface area contributed by atoms with Crippen molar-refractivity contribution in [3.8, 4) is 0 Å². The van der Waals surface area contributed by atoms with Crippen LogP contribution >= 0.6 is 0 Å². The molecule has 1 aliphatic carbocycles. The molecule has 0 fully saturated rings. The van der Waals surface area contributed by atoms with Gasteiger partial charge in [0.2, 0.25) is 0 Å². The van der Waals surface area contributed by atoms with Gasteiger partial charge in [-0.15, -0.1) is 0 Å². The van der Waals surface area contributed by atoms with Crippen LogP contribution in [0.15, 0.2) is 30.4 Å². The van der Waals surface area contributed by atoms with E-state index in [4.69, 9.17) is 4.43 Å². The molecule has 0 aromatic carbocycles. The van der Waals surface area contributed by atoms with Crippen molar-refractivity contribution >= 4 is 15.0 Å². The van der Waals surface area contributed by atoms with Crippen LogP contribution in [0.25, 0.3) is 0 Å². The summed E-state index contributed by atoms with van der Waals surface area (Å²) in [5, 5.41) is 0. The zero-order valence-corrected chi connectivity index (χ0v) is 15.3. The predicted molar refractivity (Wildman–Crippen MR) is 92.6 cm³/mol. The molecule has 21 heavy (non-hydrogen) atoms. The minimum atomic E-state index is -1.06. The molecular formula is C18H30O2Si. The Balaban J connectivity index is 2.86. The van der Waals surface area contributed by atoms with Gasteiger partial charge in [0.1, 0.15) is 5.94 Å². The molecule has 1 rings (SSSR count). The molecule has 118 valence electrons. The van der Waals surface area contributed by atoms with Crippen molar-refractivity contribution in [2.75, 3.05) is 0 Å². The monoisotopic (exact) mass is 306 g/mol. The van der Waals surface area contributed by atoms with E-state index >= 15 is 0 Å². The smallest absolute Gasteiger partial charge is 0.171 e. The largest absolute Gasteiger partial charge is 0.417 e. The highest BCUT2D eigenvalue weighted by molar-refractivity contribution is 6.48. The van der Waals surface area contributed by atoms with Gasteiger partial charge in [0, 0.05) is 6.08 Å². The van der Waals surface area contributed by atoms with Crippen LogP contribution in [0.2, 0.25) is 13.1 Å². The molecule has 0 saturated heterocycles. The van der Waals surface area contributed by atoms with Crippen LogP contribution in [0.3, 0.4) is 0 Å². The highest BCUT2D eigenvalue weighted by Gasteiger charge is 2.37. The second-order valence-electron chi connectivity index (χ2n) is 7.29. The molecule has 3 heteroatoms. The Bertz CT molecular complexity index is 411. The van der Waals surface area contributed by atoms with Crippen LogP contribution < -0.4 is 0 Å². The van der Waals surface area contributed by atoms with E-state index < -0.39 is 9.04 Å². The Kier molecular flexibility index (Phi) is 7.37. The topological polar surface area (TPSA) is 26.3 Å². The van der Waals surface area contributed by atoms with Gasteiger partial charge in [-0.3, -0.25) is 0 Å². The van der Waals surface area contributed by atoms with E-state index in [-0.39, 0.29) is 5.41 Å². The lowest BCUT2D eigenvalue weighted by atomic mass is 9.70. The average molecular weight is 307 g/mol. The number of rotatable bonds is 6. The Morgan fingerprint density at radius 1 is 1.33 bits per heavy atom. The van der Waals surface area contributed by atoms with Gasteiger partial charge in [-0.2, -0.15) is 0 Å². The third-order valence-electron chi connectivity index (χ3n) is 4.02. The maximum atomic E-state index is 10.2. The zero-order chi connectivity index (χ0) is 15.9. The van der Waals surface area contributed by atoms with Crippen LogP contribution in [0, 0.1) is 17.3 Å². The summed E-state index contributed by atoms with van der Waals surface area (Å²) in [5.41, 5.74) is 0.164. The average Bonchev–Trinajstić information content (AvgIpc) is 2.40. The number of allylic oxidation sites excluding steroid dienone is 5. The highest BCUT2D eigenvalue weighted by Crippen LogP contribution is 2.39. The molecule has 2 nitrogen and oxygen atoms in total. The number of carbonyl (C=O) groups excluding carboxylic acids is 1. The van der Waals surface area contributed by atoms with Crippen LogP contribution in [-0.2, 0) is 9.22 Å². The molecule has 0 N–H and O–H groups in total. The van der Waals surface area contributed by atoms with Crippen molar-refractivity contribution in [1.29, 1.82) is 0 Å². The van der Waals surface area contributed by atoms with Gasteiger partial charge >= 0.3 is 0 Å². The standard InChI is InChI=1S/C18H30O2Si/c1-18(2,3)17(20-21(4)5)16-13-9-8-12-15(16)11-7-6-10-14-19/h6-10,15-17,21H,11-13H2,1-5H3. The van der Waals surface area contributed by atoms with Crippen molar-refractivity contribution in [3.63, 3.8) is 0 Å². The minimum absolute atomic E-state index is 0.164. The van der Waals surface area contributed by atoms with E-state index in [9.17, 15) is 4.79 Å². The molecule has 3 atom stereocenters. The molecule has 0 bridgehead atoms. The Morgan fingerprint density at radius 2 is 2.00 bits per heavy atom. The van der Waals surface area contributed by atoms with Gasteiger partial charge in [-0.05, 0) is 49.6 Å². The summed E-state index contributed by atoms with van der Waals surface area (Å²) >= 11 is 0. The van der Waals surface area contributed by atoms with E-state index in [0.717, 1.165) is 19.3 Å². The lowest BCUT2D eigenvalue weighted by molar-refractivity contribution is 0.00724. The van der Waals surface area contributed by atoms with Gasteiger partial charge < -0.3 is 4.43 Å². The van der Waals surface area contributed by atoms with Crippen LogP contribution in [0.5, 0.6) is 0 Å². The lowest BCUT2D eigenvalue weighted by Gasteiger charge is -2.42. The van der Waals surface area contributed by atoms with Crippen molar-refractivity contribution in [2.45, 2.75) is 59.2 Å². The van der Waals surface area contributed by atoms with Gasteiger partial charge in [0.25, 0.3) is 0 Å². The Hall–Kier alpha value is -0.893. The van der Waals surface area contributed by atoms with Gasteiger partial charge in [0.05, 0.1) is 6.10 Å². The van der Waals surface area contributed by atoms with Gasteiger partial charge in [-0.1, -0.05) is 45.1 Å². The first-order valence-electron chi connectivity index (χ1n) is 8.02. The molecule has 0 heterocycles. The summed E-state index contributed by atoms with van der Waals surface area (Å²) in [6, 6.07) is 0. The second kappa shape index (κ2) is 8.53. The summed E-state index contributed by atoms with van der Waals surface area (Å²) in [4.78, 5) is 10.2. The first kappa shape index (κ1) is 18.2. The number of hydrogen-bond acceptors (Lipinski definition) is 2. The van der Waals surface area contributed by atoms with Crippen molar-refractivity contribution in [1.82, 2.24) is 0 Å². The molecule has 0 saturated carbocycles. The molecule has 0 aliphatic heterocycles. The SMILES string of the molecule is C[SiH](C)OC(C1CC=CCC1CC=CC=C=O)C(C)(C)C. The molecule has 1 aliphatic rings. The lowest BCUT2D eigenvalue weighted by Crippen LogP contribution is -2.43. The molecular weight excluding hydrogens is 276 g/mol. The quantitative estimate of drug-likeness (QED) is 0.316. The van der Waals surface area contributed by atoms with Crippen molar-refractivity contribution < 1.29 is 9.22 Å². The molecule has 3 unspecified atom stereocenters. The summed E-state index contributed by atoms with van der Waals surface area (Å²) in [6.07, 6.45) is 13.5. The summed E-state index contributed by atoms with van der Waals surface area (Å²) < 4.78 is 6.42. The zero-order valence-electron chi connectivity index (χ0n) is 14.1. The van der Waals surface area contributed by atoms with Gasteiger partial charge in [0.15, 0.2) is 9.04 Å². The fourth-order valence-electron chi connectivity index (χ4n) is 3.13. The molecule has 0 aromatic rings. The summed E-state index contributed by atoms with van der Waals surface area (Å²) in [5.74, 6) is 2.96. The van der Waals surface area contributed by atoms with Crippen LogP contribution in [0.1, 0.15) is 40.0 Å². The van der Waals surface area contributed by atoms with E-state index in [1.54, 1.807) is 5.94 Å². The van der Waals surface area contributed by atoms with E-state index in [0.29, 0.717) is 17.9 Å². The molecule has 0 aromatic heterocycles. The maximum Gasteiger partial charge on any atom is 0.171 e. The normalized spacial score (nSPS) is 24.3. The van der Waals surface area contributed by atoms with E-state index in [2.05, 4.69) is 52.1 Å². The summed E-state index contributed by atoms with van der Waals surface area (Å²) in [7, 11) is -1.06. The minimum Gasteiger partial charge on any atom is -0.417 e. The van der Waals surface area contributed by atoms with E-state index in [1.165, 1.54) is 6.08 Å². The first-order valence-corrected chi connectivity index (χ1v) is 10.8. The molecule has 0 radical (unpaired) electrons. The first-order chi connectivity index (χ1) is 9.86. The highest BCUT2D eigenvalue weighted by atomic mass is 28.3. The summed E-state index contributed by atoms with van der Waals surface area (Å²) in [6.45, 7) is 11.4. The van der Waals surface area contributed by atoms with Gasteiger partial charge in [-0.25, -0.2) is 4.79 Å². The Labute approximate surface area is 131 Å². The van der Waals surface area contributed by atoms with Crippen molar-refractivity contribution in [3.05, 3.63) is 30.4 Å². The molecule has 0 spiro atoms. The van der Waals surface area contributed by atoms with Crippen molar-refractivity contribution in [2.24, 2.45) is 17.3 Å². The van der Waals surface area contributed by atoms with Crippen LogP contribution in [-0.4, -0.2) is 21.1 Å². The van der Waals surface area contributed by atoms with E-state index in [1.807, 2.05) is 6.08 Å². The Morgan fingerprint density at radius 3 is 2.57 bits per heavy atom. The fraction of sp³-hybridized carbons (Fsp3) is 0.667. The number of hydrogen-bond donors (Lipinski definition) is 0. The maximum absolute atomic E-state index is 10.2. The third-order valence-corrected chi connectivity index (χ3v) is 4.86.